The molecule has 1 aliphatic rings. The number of aromatic nitrogens is 1. The highest BCUT2D eigenvalue weighted by molar-refractivity contribution is 5.92. The Morgan fingerprint density at radius 2 is 2.24 bits per heavy atom. The minimum absolute atomic E-state index is 0. The Morgan fingerprint density at radius 3 is 2.82 bits per heavy atom. The van der Waals surface area contributed by atoms with Gasteiger partial charge in [-0.2, -0.15) is 0 Å². The SMILES string of the molecule is Cc1cccc(NC(=O)[C@@H]2CNC[C@H]2C)n1.Cl. The quantitative estimate of drug-likeness (QED) is 0.844. The van der Waals surface area contributed by atoms with Crippen LogP contribution in [0.1, 0.15) is 12.6 Å². The van der Waals surface area contributed by atoms with Crippen molar-refractivity contribution < 1.29 is 4.79 Å². The van der Waals surface area contributed by atoms with E-state index >= 15 is 0 Å². The number of hydrogen-bond donors (Lipinski definition) is 2. The number of carbonyl (C=O) groups is 1. The zero-order valence-corrected chi connectivity index (χ0v) is 10.9. The molecule has 2 N–H and O–H groups in total. The zero-order chi connectivity index (χ0) is 11.5. The summed E-state index contributed by atoms with van der Waals surface area (Å²) in [6.45, 7) is 5.68. The zero-order valence-electron chi connectivity index (χ0n) is 10.1. The number of aryl methyl sites for hydroxylation is 1. The predicted molar refractivity (Wildman–Crippen MR) is 70.4 cm³/mol. The molecule has 1 fully saturated rings. The van der Waals surface area contributed by atoms with E-state index in [9.17, 15) is 4.79 Å². The van der Waals surface area contributed by atoms with Gasteiger partial charge in [-0.05, 0) is 31.5 Å². The van der Waals surface area contributed by atoms with Crippen molar-refractivity contribution in [3.63, 3.8) is 0 Å². The van der Waals surface area contributed by atoms with E-state index < -0.39 is 0 Å². The largest absolute Gasteiger partial charge is 0.316 e. The molecule has 0 saturated carbocycles. The van der Waals surface area contributed by atoms with Crippen molar-refractivity contribution in [1.29, 1.82) is 0 Å². The summed E-state index contributed by atoms with van der Waals surface area (Å²) in [6, 6.07) is 5.63. The van der Waals surface area contributed by atoms with Gasteiger partial charge >= 0.3 is 0 Å². The first-order valence-corrected chi connectivity index (χ1v) is 5.62. The number of nitrogens with one attached hydrogen (secondary N) is 2. The molecule has 1 aromatic heterocycles. The molecule has 94 valence electrons. The van der Waals surface area contributed by atoms with Crippen molar-refractivity contribution in [2.45, 2.75) is 13.8 Å². The summed E-state index contributed by atoms with van der Waals surface area (Å²) < 4.78 is 0. The van der Waals surface area contributed by atoms with Crippen LogP contribution in [0.2, 0.25) is 0 Å². The number of rotatable bonds is 2. The average Bonchev–Trinajstić information content (AvgIpc) is 2.64. The molecule has 1 aliphatic heterocycles. The summed E-state index contributed by atoms with van der Waals surface area (Å²) in [6.07, 6.45) is 0. The fourth-order valence-corrected chi connectivity index (χ4v) is 1.99. The molecule has 1 saturated heterocycles. The number of anilines is 1. The van der Waals surface area contributed by atoms with E-state index in [4.69, 9.17) is 0 Å². The number of amides is 1. The van der Waals surface area contributed by atoms with Crippen LogP contribution in [-0.2, 0) is 4.79 Å². The highest BCUT2D eigenvalue weighted by Crippen LogP contribution is 2.17. The van der Waals surface area contributed by atoms with Gasteiger partial charge in [-0.15, -0.1) is 12.4 Å². The molecule has 1 amide bonds. The first kappa shape index (κ1) is 13.9. The summed E-state index contributed by atoms with van der Waals surface area (Å²) in [5.74, 6) is 1.16. The van der Waals surface area contributed by atoms with Crippen LogP contribution in [0.25, 0.3) is 0 Å². The van der Waals surface area contributed by atoms with Crippen molar-refractivity contribution in [3.8, 4) is 0 Å². The van der Waals surface area contributed by atoms with Crippen molar-refractivity contribution in [3.05, 3.63) is 23.9 Å². The van der Waals surface area contributed by atoms with Gasteiger partial charge in [0, 0.05) is 12.2 Å². The van der Waals surface area contributed by atoms with Crippen molar-refractivity contribution in [2.24, 2.45) is 11.8 Å². The average molecular weight is 256 g/mol. The Labute approximate surface area is 108 Å². The van der Waals surface area contributed by atoms with Gasteiger partial charge in [0.25, 0.3) is 0 Å². The lowest BCUT2D eigenvalue weighted by Crippen LogP contribution is -2.28. The maximum atomic E-state index is 11.9. The molecule has 5 heteroatoms. The summed E-state index contributed by atoms with van der Waals surface area (Å²) in [5, 5.41) is 6.08. The molecule has 1 aromatic rings. The third kappa shape index (κ3) is 3.41. The first-order valence-electron chi connectivity index (χ1n) is 5.62. The van der Waals surface area contributed by atoms with Crippen LogP contribution < -0.4 is 10.6 Å². The monoisotopic (exact) mass is 255 g/mol. The van der Waals surface area contributed by atoms with E-state index in [0.717, 1.165) is 18.8 Å². The Balaban J connectivity index is 0.00000144. The van der Waals surface area contributed by atoms with Gasteiger partial charge in [-0.3, -0.25) is 4.79 Å². The van der Waals surface area contributed by atoms with Gasteiger partial charge in [-0.25, -0.2) is 4.98 Å². The van der Waals surface area contributed by atoms with Gasteiger partial charge < -0.3 is 10.6 Å². The molecule has 0 radical (unpaired) electrons. The second kappa shape index (κ2) is 5.98. The Kier molecular flexibility index (Phi) is 4.90. The second-order valence-corrected chi connectivity index (χ2v) is 4.40. The first-order chi connectivity index (χ1) is 7.66. The van der Waals surface area contributed by atoms with Gasteiger partial charge in [-0.1, -0.05) is 13.0 Å². The van der Waals surface area contributed by atoms with E-state index in [1.54, 1.807) is 0 Å². The lowest BCUT2D eigenvalue weighted by Gasteiger charge is -2.13. The smallest absolute Gasteiger partial charge is 0.230 e. The van der Waals surface area contributed by atoms with Gasteiger partial charge in [0.05, 0.1) is 5.92 Å². The van der Waals surface area contributed by atoms with E-state index in [-0.39, 0.29) is 24.2 Å². The Bertz CT molecular complexity index is 397. The highest BCUT2D eigenvalue weighted by atomic mass is 35.5. The fourth-order valence-electron chi connectivity index (χ4n) is 1.99. The lowest BCUT2D eigenvalue weighted by molar-refractivity contribution is -0.120. The summed E-state index contributed by atoms with van der Waals surface area (Å²) >= 11 is 0. The minimum Gasteiger partial charge on any atom is -0.316 e. The van der Waals surface area contributed by atoms with Crippen LogP contribution in [0.4, 0.5) is 5.82 Å². The molecule has 0 aromatic carbocycles. The van der Waals surface area contributed by atoms with Gasteiger partial charge in [0.2, 0.25) is 5.91 Å². The van der Waals surface area contributed by atoms with Gasteiger partial charge in [0.15, 0.2) is 0 Å². The van der Waals surface area contributed by atoms with Crippen LogP contribution in [0.5, 0.6) is 0 Å². The summed E-state index contributed by atoms with van der Waals surface area (Å²) in [7, 11) is 0. The molecule has 0 unspecified atom stereocenters. The standard InChI is InChI=1S/C12H17N3O.ClH/c1-8-6-13-7-10(8)12(16)15-11-5-3-4-9(2)14-11;/h3-5,8,10,13H,6-7H2,1-2H3,(H,14,15,16);1H/t8-,10-;/m1./s1. The summed E-state index contributed by atoms with van der Waals surface area (Å²) in [4.78, 5) is 16.2. The molecule has 2 rings (SSSR count). The fraction of sp³-hybridized carbons (Fsp3) is 0.500. The molecule has 2 atom stereocenters. The molecule has 17 heavy (non-hydrogen) atoms. The molecular formula is C12H18ClN3O. The van der Waals surface area contributed by atoms with Crippen molar-refractivity contribution in [2.75, 3.05) is 18.4 Å². The number of carbonyl (C=O) groups excluding carboxylic acids is 1. The Hall–Kier alpha value is -1.13. The number of nitrogens with zero attached hydrogens (tertiary/aromatic N) is 1. The van der Waals surface area contributed by atoms with Crippen LogP contribution in [0.3, 0.4) is 0 Å². The molecular weight excluding hydrogens is 238 g/mol. The number of halogens is 1. The molecule has 0 aliphatic carbocycles. The number of pyridine rings is 1. The van der Waals surface area contributed by atoms with Crippen molar-refractivity contribution >= 4 is 24.1 Å². The van der Waals surface area contributed by atoms with E-state index in [2.05, 4.69) is 22.5 Å². The maximum Gasteiger partial charge on any atom is 0.230 e. The predicted octanol–water partition coefficient (Wildman–Crippen LogP) is 1.61. The third-order valence-electron chi connectivity index (χ3n) is 2.99. The van der Waals surface area contributed by atoms with Crippen LogP contribution in [0, 0.1) is 18.8 Å². The molecule has 2 heterocycles. The van der Waals surface area contributed by atoms with Crippen molar-refractivity contribution in [1.82, 2.24) is 10.3 Å². The molecule has 0 bridgehead atoms. The Morgan fingerprint density at radius 1 is 1.47 bits per heavy atom. The van der Waals surface area contributed by atoms with E-state index in [1.807, 2.05) is 25.1 Å². The normalized spacial score (nSPS) is 22.9. The van der Waals surface area contributed by atoms with Crippen LogP contribution >= 0.6 is 12.4 Å². The topological polar surface area (TPSA) is 54.0 Å². The van der Waals surface area contributed by atoms with E-state index in [1.165, 1.54) is 0 Å². The third-order valence-corrected chi connectivity index (χ3v) is 2.99. The van der Waals surface area contributed by atoms with E-state index in [0.29, 0.717) is 11.7 Å². The number of hydrogen-bond acceptors (Lipinski definition) is 3. The molecule has 0 spiro atoms. The summed E-state index contributed by atoms with van der Waals surface area (Å²) in [5.41, 5.74) is 0.912. The van der Waals surface area contributed by atoms with Crippen LogP contribution in [0.15, 0.2) is 18.2 Å². The second-order valence-electron chi connectivity index (χ2n) is 4.40. The molecule has 4 nitrogen and oxygen atoms in total. The highest BCUT2D eigenvalue weighted by Gasteiger charge is 2.29. The van der Waals surface area contributed by atoms with Gasteiger partial charge in [0.1, 0.15) is 5.82 Å². The van der Waals surface area contributed by atoms with Crippen LogP contribution in [-0.4, -0.2) is 24.0 Å². The minimum atomic E-state index is 0. The lowest BCUT2D eigenvalue weighted by atomic mass is 9.97. The maximum absolute atomic E-state index is 11.9.